The molecule has 344 valence electrons. The van der Waals surface area contributed by atoms with Crippen LogP contribution in [0.2, 0.25) is 0 Å². The topological polar surface area (TPSA) is 209 Å². The lowest BCUT2D eigenvalue weighted by Gasteiger charge is -2.13. The largest absolute Gasteiger partial charge is 0.375 e. The van der Waals surface area contributed by atoms with Crippen molar-refractivity contribution in [1.82, 2.24) is 38.5 Å². The van der Waals surface area contributed by atoms with Crippen molar-refractivity contribution < 1.29 is 30.4 Å². The first-order valence-electron chi connectivity index (χ1n) is 19.8. The fraction of sp³-hybridized carbons (Fsp3) is 0.159. The zero-order chi connectivity index (χ0) is 46.0. The number of imidazole rings is 2. The summed E-state index contributed by atoms with van der Waals surface area (Å²) in [5.41, 5.74) is 12.6. The molecule has 66 heavy (non-hydrogen) atoms. The summed E-state index contributed by atoms with van der Waals surface area (Å²) in [5.74, 6) is -0.853. The number of nitrogens with two attached hydrogens (primary N) is 1. The van der Waals surface area contributed by atoms with Gasteiger partial charge in [0.15, 0.2) is 18.7 Å². The van der Waals surface area contributed by atoms with Gasteiger partial charge in [-0.25, -0.2) is 55.0 Å². The van der Waals surface area contributed by atoms with E-state index in [1.54, 1.807) is 49.3 Å². The minimum atomic E-state index is -3.82. The first kappa shape index (κ1) is 49.2. The van der Waals surface area contributed by atoms with Crippen LogP contribution in [0.4, 0.5) is 19.0 Å². The number of aromatic nitrogens is 6. The summed E-state index contributed by atoms with van der Waals surface area (Å²) in [5, 5.41) is 2.90. The lowest BCUT2D eigenvalue weighted by molar-refractivity contribution is -0.114. The smallest absolute Gasteiger partial charge is 0.252 e. The number of hydrogen-bond donors (Lipinski definition) is 4. The summed E-state index contributed by atoms with van der Waals surface area (Å²) in [6.45, 7) is 2.79. The Morgan fingerprint density at radius 2 is 1.08 bits per heavy atom. The Hall–Kier alpha value is -6.20. The van der Waals surface area contributed by atoms with Gasteiger partial charge >= 0.3 is 0 Å². The van der Waals surface area contributed by atoms with Crippen molar-refractivity contribution in [2.24, 2.45) is 0 Å². The molecule has 8 aromatic rings. The molecule has 22 heteroatoms. The quantitative estimate of drug-likeness (QED) is 0.0699. The highest BCUT2D eigenvalue weighted by Gasteiger charge is 2.21. The molecule has 0 aliphatic heterocycles. The van der Waals surface area contributed by atoms with Crippen LogP contribution in [-0.2, 0) is 63.9 Å². The molecule has 5 N–H and O–H groups in total. The van der Waals surface area contributed by atoms with Crippen LogP contribution in [0, 0.1) is 11.6 Å². The third-order valence-corrected chi connectivity index (χ3v) is 15.3. The Kier molecular flexibility index (Phi) is 16.7. The van der Waals surface area contributed by atoms with E-state index in [1.165, 1.54) is 43.6 Å². The van der Waals surface area contributed by atoms with E-state index in [0.717, 1.165) is 67.4 Å². The number of halogens is 3. The number of thiazole rings is 2. The lowest BCUT2D eigenvalue weighted by Crippen LogP contribution is -2.22. The van der Waals surface area contributed by atoms with Gasteiger partial charge in [0.25, 0.3) is 20.0 Å². The van der Waals surface area contributed by atoms with Crippen molar-refractivity contribution in [3.8, 4) is 22.5 Å². The van der Waals surface area contributed by atoms with Crippen LogP contribution in [0.3, 0.4) is 0 Å². The number of nitrogens with zero attached hydrogens (tertiary/aromatic N) is 6. The Labute approximate surface area is 394 Å². The second kappa shape index (κ2) is 22.3. The summed E-state index contributed by atoms with van der Waals surface area (Å²) < 4.78 is 86.1. The van der Waals surface area contributed by atoms with Crippen LogP contribution in [0.1, 0.15) is 29.2 Å². The summed E-state index contributed by atoms with van der Waals surface area (Å²) >= 11 is 1.80. The second-order valence-electron chi connectivity index (χ2n) is 14.3. The first-order valence-corrected chi connectivity index (χ1v) is 24.4. The van der Waals surface area contributed by atoms with Gasteiger partial charge in [0.1, 0.15) is 11.6 Å². The maximum absolute atomic E-state index is 13.2. The number of benzene rings is 4. The van der Waals surface area contributed by atoms with E-state index in [-0.39, 0.29) is 61.7 Å². The number of carbonyl (C=O) groups excluding carboxylic acids is 1. The minimum Gasteiger partial charge on any atom is -0.375 e. The number of nitrogen functional groups attached to an aromatic ring is 1. The molecule has 0 radical (unpaired) electrons. The van der Waals surface area contributed by atoms with Gasteiger partial charge in [-0.3, -0.25) is 4.79 Å². The predicted octanol–water partition coefficient (Wildman–Crippen LogP) is 7.70. The number of anilines is 2. The number of carbonyl (C=O) groups is 1. The van der Waals surface area contributed by atoms with Crippen molar-refractivity contribution in [3.63, 3.8) is 0 Å². The molecule has 8 rings (SSSR count). The molecule has 0 atom stereocenters. The molecule has 4 aromatic carbocycles. The summed E-state index contributed by atoms with van der Waals surface area (Å²) in [6.07, 6.45) is 10.8. The molecule has 0 saturated heterocycles. The molecule has 0 spiro atoms. The Balaban J connectivity index is 0.000000216. The van der Waals surface area contributed by atoms with Gasteiger partial charge in [-0.2, -0.15) is 0 Å². The fourth-order valence-corrected chi connectivity index (χ4v) is 10.7. The van der Waals surface area contributed by atoms with E-state index in [9.17, 15) is 30.4 Å². The Morgan fingerprint density at radius 3 is 1.52 bits per heavy atom. The molecule has 0 saturated carbocycles. The maximum atomic E-state index is 13.2. The zero-order valence-electron chi connectivity index (χ0n) is 35.0. The predicted molar refractivity (Wildman–Crippen MR) is 254 cm³/mol. The molecule has 4 heterocycles. The molecule has 0 aliphatic rings. The van der Waals surface area contributed by atoms with Crippen LogP contribution in [-0.4, -0.2) is 51.8 Å². The fourth-order valence-electron chi connectivity index (χ4n) is 6.57. The molecule has 1 amide bonds. The first-order chi connectivity index (χ1) is 31.2. The number of aryl methyl sites for hydroxylation is 4. The summed E-state index contributed by atoms with van der Waals surface area (Å²) in [6, 6.07) is 27.9. The molecule has 0 unspecified atom stereocenters. The second-order valence-corrected chi connectivity index (χ2v) is 20.4. The van der Waals surface area contributed by atoms with Crippen molar-refractivity contribution in [2.45, 2.75) is 54.4 Å². The molecule has 4 aromatic heterocycles. The van der Waals surface area contributed by atoms with Gasteiger partial charge in [-0.1, -0.05) is 95.5 Å². The van der Waals surface area contributed by atoms with Gasteiger partial charge in [0, 0.05) is 44.2 Å². The SMILES string of the molecule is CC(=O)Nc1ncc(S(=O)(=O)NCc2ccccc2-c2cncn2CCc2ccc(F)cc2)s1.Cl.Nc1ncc(S(=O)(=O)NCc2ccccc2-c2cncn2CCc2ccc(F)cc2)s1. The normalized spacial score (nSPS) is 11.4. The summed E-state index contributed by atoms with van der Waals surface area (Å²) in [7, 11) is -7.53. The highest BCUT2D eigenvalue weighted by atomic mass is 35.5. The zero-order valence-corrected chi connectivity index (χ0v) is 39.1. The number of rotatable bonds is 17. The maximum Gasteiger partial charge on any atom is 0.252 e. The van der Waals surface area contributed by atoms with Crippen LogP contribution < -0.4 is 20.5 Å². The van der Waals surface area contributed by atoms with Gasteiger partial charge in [-0.05, 0) is 59.4 Å². The number of hydrogen-bond acceptors (Lipinski definition) is 12. The van der Waals surface area contributed by atoms with Gasteiger partial charge in [0.05, 0.1) is 48.8 Å². The monoisotopic (exact) mass is 992 g/mol. The van der Waals surface area contributed by atoms with E-state index in [1.807, 2.05) is 57.7 Å². The van der Waals surface area contributed by atoms with E-state index in [0.29, 0.717) is 25.9 Å². The van der Waals surface area contributed by atoms with Gasteiger partial charge in [0.2, 0.25) is 5.91 Å². The van der Waals surface area contributed by atoms with E-state index in [2.05, 4.69) is 34.7 Å². The van der Waals surface area contributed by atoms with Gasteiger partial charge in [-0.15, -0.1) is 12.4 Å². The molecule has 0 aliphatic carbocycles. The molecular weight excluding hydrogens is 950 g/mol. The molecule has 15 nitrogen and oxygen atoms in total. The number of nitrogens with one attached hydrogen (secondary N) is 3. The van der Waals surface area contributed by atoms with E-state index in [4.69, 9.17) is 5.73 Å². The van der Waals surface area contributed by atoms with Crippen molar-refractivity contribution in [3.05, 3.63) is 168 Å². The molecule has 0 bridgehead atoms. The average molecular weight is 994 g/mol. The van der Waals surface area contributed by atoms with Crippen LogP contribution >= 0.6 is 35.1 Å². The number of sulfonamides is 2. The minimum absolute atomic E-state index is 0. The van der Waals surface area contributed by atoms with E-state index >= 15 is 0 Å². The van der Waals surface area contributed by atoms with Crippen LogP contribution in [0.15, 0.2) is 143 Å². The van der Waals surface area contributed by atoms with Crippen molar-refractivity contribution in [1.29, 1.82) is 0 Å². The third-order valence-electron chi connectivity index (χ3n) is 9.83. The van der Waals surface area contributed by atoms with Crippen LogP contribution in [0.5, 0.6) is 0 Å². The average Bonchev–Trinajstić information content (AvgIpc) is 4.14. The van der Waals surface area contributed by atoms with Crippen molar-refractivity contribution in [2.75, 3.05) is 11.1 Å². The Morgan fingerprint density at radius 1 is 0.636 bits per heavy atom. The Bertz CT molecular complexity index is 3110. The number of amides is 1. The molecule has 0 fully saturated rings. The lowest BCUT2D eigenvalue weighted by atomic mass is 10.0. The van der Waals surface area contributed by atoms with Crippen LogP contribution in [0.25, 0.3) is 22.5 Å². The van der Waals surface area contributed by atoms with Crippen molar-refractivity contribution >= 4 is 71.3 Å². The molecular formula is C44H43ClF2N10O5S4. The highest BCUT2D eigenvalue weighted by molar-refractivity contribution is 7.92. The summed E-state index contributed by atoms with van der Waals surface area (Å²) in [4.78, 5) is 27.4. The standard InChI is InChI=1S/C23H22FN5O3S2.C21H20FN5O2S2.ClH/c1-16(30)28-23-26-14-22(33-23)34(31,32)27-12-18-4-2-3-5-20(18)21-13-25-15-29(21)11-10-17-6-8-19(24)9-7-17;22-17-7-5-15(6-8-17)9-10-27-14-24-12-19(27)18-4-2-1-3-16(18)11-26-31(28,29)20-13-25-21(23)30-20;/h2-9,13-15,27H,10-12H2,1H3,(H,26,28,30);1-8,12-14,26H,9-11H2,(H2,23,25);1H. The highest BCUT2D eigenvalue weighted by Crippen LogP contribution is 2.28. The van der Waals surface area contributed by atoms with E-state index < -0.39 is 20.0 Å². The van der Waals surface area contributed by atoms with Gasteiger partial charge < -0.3 is 20.2 Å². The third kappa shape index (κ3) is 13.0.